The molecule has 0 aromatic carbocycles. The second kappa shape index (κ2) is 2.79. The van der Waals surface area contributed by atoms with Crippen LogP contribution in [-0.4, -0.2) is 23.5 Å². The summed E-state index contributed by atoms with van der Waals surface area (Å²) in [7, 11) is 0. The molecule has 0 aliphatic carbocycles. The molecule has 56 valence electrons. The standard InChI is InChI=1S/C6H9NO3/c1-2-10-7-5(8)3-4-6(7)9/h2-4H2,1H3. The predicted octanol–water partition coefficient (Wildman–Crippen LogP) is 0.0869. The van der Waals surface area contributed by atoms with Crippen molar-refractivity contribution in [2.75, 3.05) is 6.61 Å². The highest BCUT2D eigenvalue weighted by Crippen LogP contribution is 2.11. The van der Waals surface area contributed by atoms with Gasteiger partial charge in [0.1, 0.15) is 0 Å². The smallest absolute Gasteiger partial charge is 0.253 e. The highest BCUT2D eigenvalue weighted by molar-refractivity contribution is 6.00. The molecular weight excluding hydrogens is 134 g/mol. The average molecular weight is 143 g/mol. The fourth-order valence-electron chi connectivity index (χ4n) is 0.829. The van der Waals surface area contributed by atoms with Gasteiger partial charge in [-0.25, -0.2) is 0 Å². The van der Waals surface area contributed by atoms with Crippen molar-refractivity contribution in [3.63, 3.8) is 0 Å². The fourth-order valence-corrected chi connectivity index (χ4v) is 0.829. The summed E-state index contributed by atoms with van der Waals surface area (Å²) in [5.41, 5.74) is 0. The van der Waals surface area contributed by atoms with Crippen LogP contribution in [0.3, 0.4) is 0 Å². The molecule has 0 bridgehead atoms. The summed E-state index contributed by atoms with van der Waals surface area (Å²) in [5, 5.41) is 0.847. The molecular formula is C6H9NO3. The second-order valence-electron chi connectivity index (χ2n) is 2.00. The number of nitrogens with zero attached hydrogens (tertiary/aromatic N) is 1. The summed E-state index contributed by atoms with van der Waals surface area (Å²) >= 11 is 0. The molecule has 4 heteroatoms. The van der Waals surface area contributed by atoms with Gasteiger partial charge in [0.25, 0.3) is 11.8 Å². The first-order valence-electron chi connectivity index (χ1n) is 3.24. The van der Waals surface area contributed by atoms with Crippen molar-refractivity contribution in [1.82, 2.24) is 5.06 Å². The van der Waals surface area contributed by atoms with Gasteiger partial charge in [-0.2, -0.15) is 5.06 Å². The molecule has 0 radical (unpaired) electrons. The van der Waals surface area contributed by atoms with E-state index < -0.39 is 0 Å². The number of carbonyl (C=O) groups excluding carboxylic acids is 2. The van der Waals surface area contributed by atoms with Gasteiger partial charge in [0, 0.05) is 12.8 Å². The minimum absolute atomic E-state index is 0.230. The Hall–Kier alpha value is -0.900. The van der Waals surface area contributed by atoms with Gasteiger partial charge in [-0.15, -0.1) is 0 Å². The molecule has 0 aromatic rings. The van der Waals surface area contributed by atoms with Crippen LogP contribution in [-0.2, 0) is 14.4 Å². The molecule has 1 rings (SSSR count). The van der Waals surface area contributed by atoms with E-state index >= 15 is 0 Å². The van der Waals surface area contributed by atoms with Crippen LogP contribution < -0.4 is 0 Å². The van der Waals surface area contributed by atoms with Crippen molar-refractivity contribution in [3.8, 4) is 0 Å². The second-order valence-corrected chi connectivity index (χ2v) is 2.00. The molecule has 10 heavy (non-hydrogen) atoms. The lowest BCUT2D eigenvalue weighted by molar-refractivity contribution is -0.186. The van der Waals surface area contributed by atoms with E-state index in [9.17, 15) is 9.59 Å². The van der Waals surface area contributed by atoms with Gasteiger partial charge in [0.2, 0.25) is 0 Å². The molecule has 1 saturated heterocycles. The first-order chi connectivity index (χ1) is 4.75. The van der Waals surface area contributed by atoms with Crippen LogP contribution in [0.25, 0.3) is 0 Å². The van der Waals surface area contributed by atoms with Gasteiger partial charge in [0.15, 0.2) is 0 Å². The summed E-state index contributed by atoms with van der Waals surface area (Å²) in [6.07, 6.45) is 0.581. The third-order valence-electron chi connectivity index (χ3n) is 1.26. The zero-order chi connectivity index (χ0) is 7.56. The molecule has 0 unspecified atom stereocenters. The van der Waals surface area contributed by atoms with Gasteiger partial charge < -0.3 is 0 Å². The van der Waals surface area contributed by atoms with E-state index in [0.717, 1.165) is 5.06 Å². The maximum Gasteiger partial charge on any atom is 0.253 e. The monoisotopic (exact) mass is 143 g/mol. The molecule has 1 heterocycles. The number of carbonyl (C=O) groups is 2. The van der Waals surface area contributed by atoms with Crippen LogP contribution in [0.15, 0.2) is 0 Å². The SMILES string of the molecule is CCON1C(=O)CCC1=O. The first-order valence-corrected chi connectivity index (χ1v) is 3.24. The van der Waals surface area contributed by atoms with Crippen molar-refractivity contribution in [1.29, 1.82) is 0 Å². The van der Waals surface area contributed by atoms with Crippen LogP contribution in [0.2, 0.25) is 0 Å². The van der Waals surface area contributed by atoms with Crippen LogP contribution in [0.5, 0.6) is 0 Å². The van der Waals surface area contributed by atoms with E-state index in [-0.39, 0.29) is 11.8 Å². The Balaban J connectivity index is 2.54. The molecule has 2 amide bonds. The van der Waals surface area contributed by atoms with Gasteiger partial charge in [-0.1, -0.05) is 0 Å². The molecule has 1 aliphatic rings. The number of hydrogen-bond donors (Lipinski definition) is 0. The quantitative estimate of drug-likeness (QED) is 0.514. The van der Waals surface area contributed by atoms with E-state index in [2.05, 4.69) is 0 Å². The Bertz CT molecular complexity index is 150. The van der Waals surface area contributed by atoms with Crippen molar-refractivity contribution in [2.45, 2.75) is 19.8 Å². The molecule has 0 saturated carbocycles. The maximum absolute atomic E-state index is 10.8. The van der Waals surface area contributed by atoms with Crippen LogP contribution >= 0.6 is 0 Å². The Morgan fingerprint density at radius 1 is 1.40 bits per heavy atom. The normalized spacial score (nSPS) is 18.7. The van der Waals surface area contributed by atoms with Crippen LogP contribution in [0.1, 0.15) is 19.8 Å². The van der Waals surface area contributed by atoms with E-state index in [1.54, 1.807) is 6.92 Å². The third-order valence-corrected chi connectivity index (χ3v) is 1.26. The topological polar surface area (TPSA) is 46.6 Å². The Labute approximate surface area is 58.7 Å². The third kappa shape index (κ3) is 1.16. The zero-order valence-electron chi connectivity index (χ0n) is 5.79. The lowest BCUT2D eigenvalue weighted by Crippen LogP contribution is -2.28. The molecule has 0 spiro atoms. The number of hydrogen-bond acceptors (Lipinski definition) is 3. The number of amides is 2. The first kappa shape index (κ1) is 7.21. The van der Waals surface area contributed by atoms with E-state index in [1.807, 2.05) is 0 Å². The Kier molecular flexibility index (Phi) is 2.01. The minimum Gasteiger partial charge on any atom is -0.272 e. The lowest BCUT2D eigenvalue weighted by Gasteiger charge is -2.10. The van der Waals surface area contributed by atoms with Gasteiger partial charge in [0.05, 0.1) is 6.61 Å². The predicted molar refractivity (Wildman–Crippen MR) is 32.7 cm³/mol. The van der Waals surface area contributed by atoms with Crippen molar-refractivity contribution < 1.29 is 14.4 Å². The van der Waals surface area contributed by atoms with Crippen LogP contribution in [0.4, 0.5) is 0 Å². The summed E-state index contributed by atoms with van der Waals surface area (Å²) < 4.78 is 0. The molecule has 0 aromatic heterocycles. The highest BCUT2D eigenvalue weighted by Gasteiger charge is 2.29. The van der Waals surface area contributed by atoms with Crippen molar-refractivity contribution >= 4 is 11.8 Å². The van der Waals surface area contributed by atoms with Gasteiger partial charge in [-0.3, -0.25) is 14.4 Å². The molecule has 1 aliphatic heterocycles. The summed E-state index contributed by atoms with van der Waals surface area (Å²) in [4.78, 5) is 26.3. The molecule has 0 atom stereocenters. The fraction of sp³-hybridized carbons (Fsp3) is 0.667. The Morgan fingerprint density at radius 3 is 2.30 bits per heavy atom. The van der Waals surface area contributed by atoms with Crippen molar-refractivity contribution in [2.24, 2.45) is 0 Å². The number of hydroxylamine groups is 2. The summed E-state index contributed by atoms with van der Waals surface area (Å²) in [6.45, 7) is 2.09. The highest BCUT2D eigenvalue weighted by atomic mass is 16.7. The number of rotatable bonds is 2. The minimum atomic E-state index is -0.230. The van der Waals surface area contributed by atoms with Crippen LogP contribution in [0, 0.1) is 0 Å². The number of imide groups is 1. The Morgan fingerprint density at radius 2 is 1.90 bits per heavy atom. The molecule has 4 nitrogen and oxygen atoms in total. The maximum atomic E-state index is 10.8. The van der Waals surface area contributed by atoms with Crippen molar-refractivity contribution in [3.05, 3.63) is 0 Å². The largest absolute Gasteiger partial charge is 0.272 e. The van der Waals surface area contributed by atoms with Gasteiger partial charge in [-0.05, 0) is 6.92 Å². The summed E-state index contributed by atoms with van der Waals surface area (Å²) in [5.74, 6) is -0.460. The zero-order valence-corrected chi connectivity index (χ0v) is 5.79. The molecule has 0 N–H and O–H groups in total. The van der Waals surface area contributed by atoms with E-state index in [4.69, 9.17) is 4.84 Å². The van der Waals surface area contributed by atoms with E-state index in [1.165, 1.54) is 0 Å². The average Bonchev–Trinajstić information content (AvgIpc) is 2.20. The summed E-state index contributed by atoms with van der Waals surface area (Å²) in [6, 6.07) is 0. The molecule has 1 fully saturated rings. The lowest BCUT2D eigenvalue weighted by atomic mass is 10.4. The van der Waals surface area contributed by atoms with Gasteiger partial charge >= 0.3 is 0 Å². The van der Waals surface area contributed by atoms with E-state index in [0.29, 0.717) is 19.4 Å².